The van der Waals surface area contributed by atoms with Crippen molar-refractivity contribution in [2.24, 2.45) is 0 Å². The molecule has 14 nitrogen and oxygen atoms in total. The minimum atomic E-state index is -0.948. The van der Waals surface area contributed by atoms with Crippen LogP contribution in [0.15, 0.2) is 96.2 Å². The predicted octanol–water partition coefficient (Wildman–Crippen LogP) is 4.39. The van der Waals surface area contributed by atoms with Crippen molar-refractivity contribution in [1.29, 1.82) is 0 Å². The molecule has 4 atom stereocenters. The third kappa shape index (κ3) is 8.47. The molecule has 2 aromatic rings. The maximum absolute atomic E-state index is 14.5. The van der Waals surface area contributed by atoms with Gasteiger partial charge < -0.3 is 29.3 Å². The molecule has 4 heterocycles. The first-order valence-electron chi connectivity index (χ1n) is 18.4. The van der Waals surface area contributed by atoms with E-state index in [0.29, 0.717) is 24.1 Å². The monoisotopic (exact) mass is 785 g/mol. The SMILES string of the molecule is C=CCOC(=O)N1C[C@@H](N2CCC(=CC3=C(C(=O)OC(c4ccccc4)c4ccccc4)N4C(=O)[C@@H](NC(=O)OC(C)(C)C)[C@H]4SC3)C2=O)C[C@@H]1C(=O)N(C)C. The van der Waals surface area contributed by atoms with E-state index in [0.717, 1.165) is 11.1 Å². The molecule has 296 valence electrons. The lowest BCUT2D eigenvalue weighted by atomic mass is 10.00. The lowest BCUT2D eigenvalue weighted by molar-refractivity contribution is -0.153. The number of alkyl carbamates (subject to hydrolysis) is 1. The van der Waals surface area contributed by atoms with Gasteiger partial charge in [0.25, 0.3) is 5.91 Å². The number of allylic oxidation sites excluding steroid dienone is 1. The number of thioether (sulfide) groups is 1. The Balaban J connectivity index is 1.31. The maximum atomic E-state index is 14.5. The molecule has 2 aromatic carbocycles. The standard InChI is InChI=1S/C41H47N5O9S/c1-7-20-53-40(52)45-23-29(22-30(45)35(48)43(5)6)44-19-18-27(34(44)47)21-28-24-56-37-31(42-39(51)55-41(2,3)4)36(49)46(37)32(28)38(50)54-33(25-14-10-8-11-15-25)26-16-12-9-13-17-26/h7-17,21,29-31,33,37H,1,18-20,22-24H2,2-6H3,(H,42,51)/t29-,30+,31+,37+/m0/s1. The second kappa shape index (κ2) is 16.7. The van der Waals surface area contributed by atoms with Crippen molar-refractivity contribution in [2.45, 2.75) is 68.8 Å². The lowest BCUT2D eigenvalue weighted by Crippen LogP contribution is -2.70. The Hall–Kier alpha value is -5.57. The number of amides is 5. The van der Waals surface area contributed by atoms with Crippen molar-refractivity contribution in [1.82, 2.24) is 24.9 Å². The van der Waals surface area contributed by atoms with E-state index in [1.807, 2.05) is 60.7 Å². The van der Waals surface area contributed by atoms with Crippen LogP contribution in [0.25, 0.3) is 0 Å². The summed E-state index contributed by atoms with van der Waals surface area (Å²) in [6.45, 7) is 9.14. The molecule has 1 N–H and O–H groups in total. The van der Waals surface area contributed by atoms with Crippen molar-refractivity contribution in [3.05, 3.63) is 107 Å². The van der Waals surface area contributed by atoms with Crippen molar-refractivity contribution in [3.63, 3.8) is 0 Å². The zero-order valence-electron chi connectivity index (χ0n) is 32.1. The first kappa shape index (κ1) is 40.1. The Bertz CT molecular complexity index is 1900. The molecular formula is C41H47N5O9S. The molecular weight excluding hydrogens is 739 g/mol. The highest BCUT2D eigenvalue weighted by Gasteiger charge is 2.55. The van der Waals surface area contributed by atoms with Gasteiger partial charge >= 0.3 is 18.2 Å². The molecule has 0 aliphatic carbocycles. The van der Waals surface area contributed by atoms with Crippen molar-refractivity contribution < 1.29 is 43.0 Å². The largest absolute Gasteiger partial charge is 0.448 e. The van der Waals surface area contributed by atoms with Gasteiger partial charge in [0, 0.05) is 38.5 Å². The molecule has 0 bridgehead atoms. The van der Waals surface area contributed by atoms with Crippen LogP contribution in [0.2, 0.25) is 0 Å². The number of benzene rings is 2. The van der Waals surface area contributed by atoms with E-state index < -0.39 is 59.3 Å². The van der Waals surface area contributed by atoms with E-state index in [-0.39, 0.29) is 42.8 Å². The average Bonchev–Trinajstić information content (AvgIpc) is 3.77. The third-order valence-electron chi connectivity index (χ3n) is 9.80. The van der Waals surface area contributed by atoms with Gasteiger partial charge in [-0.05, 0) is 56.4 Å². The van der Waals surface area contributed by atoms with Gasteiger partial charge in [-0.3, -0.25) is 24.2 Å². The fraction of sp³-hybridized carbons (Fsp3) is 0.415. The summed E-state index contributed by atoms with van der Waals surface area (Å²) in [6.07, 6.45) is 1.42. The Kier molecular flexibility index (Phi) is 11.9. The number of rotatable bonds is 10. The van der Waals surface area contributed by atoms with Gasteiger partial charge in [-0.25, -0.2) is 14.4 Å². The van der Waals surface area contributed by atoms with E-state index in [1.165, 1.54) is 32.5 Å². The molecule has 0 radical (unpaired) electrons. The van der Waals surface area contributed by atoms with Gasteiger partial charge in [0.15, 0.2) is 6.10 Å². The van der Waals surface area contributed by atoms with E-state index in [4.69, 9.17) is 14.2 Å². The molecule has 0 aromatic heterocycles. The van der Waals surface area contributed by atoms with Gasteiger partial charge in [-0.1, -0.05) is 73.3 Å². The molecule has 0 unspecified atom stereocenters. The quantitative estimate of drug-likeness (QED) is 0.121. The molecule has 4 aliphatic heterocycles. The molecule has 4 aliphatic rings. The first-order chi connectivity index (χ1) is 26.7. The zero-order valence-corrected chi connectivity index (χ0v) is 33.0. The Morgan fingerprint density at radius 2 is 1.66 bits per heavy atom. The van der Waals surface area contributed by atoms with E-state index in [9.17, 15) is 28.8 Å². The minimum absolute atomic E-state index is 0.00903. The van der Waals surface area contributed by atoms with Crippen LogP contribution in [-0.2, 0) is 33.4 Å². The molecule has 15 heteroatoms. The zero-order chi connectivity index (χ0) is 40.3. The van der Waals surface area contributed by atoms with E-state index in [2.05, 4.69) is 11.9 Å². The topological polar surface area (TPSA) is 155 Å². The Morgan fingerprint density at radius 3 is 2.25 bits per heavy atom. The number of hydrogen-bond acceptors (Lipinski definition) is 10. The number of carbonyl (C=O) groups is 6. The van der Waals surface area contributed by atoms with Crippen molar-refractivity contribution in [2.75, 3.05) is 39.5 Å². The van der Waals surface area contributed by atoms with Crippen LogP contribution in [0.3, 0.4) is 0 Å². The van der Waals surface area contributed by atoms with Gasteiger partial charge in [0.1, 0.15) is 35.4 Å². The number of nitrogens with one attached hydrogen (secondary N) is 1. The number of nitrogens with zero attached hydrogens (tertiary/aromatic N) is 4. The van der Waals surface area contributed by atoms with Crippen LogP contribution in [-0.4, -0.2) is 124 Å². The highest BCUT2D eigenvalue weighted by Crippen LogP contribution is 2.43. The summed E-state index contributed by atoms with van der Waals surface area (Å²) >= 11 is 1.34. The van der Waals surface area contributed by atoms with Crippen LogP contribution in [0.1, 0.15) is 50.8 Å². The molecule has 6 rings (SSSR count). The van der Waals surface area contributed by atoms with Gasteiger partial charge in [0.05, 0.1) is 6.04 Å². The molecule has 3 fully saturated rings. The van der Waals surface area contributed by atoms with Gasteiger partial charge in [-0.15, -0.1) is 11.8 Å². The predicted molar refractivity (Wildman–Crippen MR) is 208 cm³/mol. The van der Waals surface area contributed by atoms with E-state index >= 15 is 0 Å². The van der Waals surface area contributed by atoms with E-state index in [1.54, 1.807) is 45.8 Å². The summed E-state index contributed by atoms with van der Waals surface area (Å²) in [7, 11) is 3.21. The van der Waals surface area contributed by atoms with Crippen LogP contribution in [0, 0.1) is 0 Å². The van der Waals surface area contributed by atoms with Gasteiger partial charge in [0.2, 0.25) is 11.8 Å². The number of β-lactam (4-membered cyclic amide) rings is 1. The van der Waals surface area contributed by atoms with Crippen LogP contribution >= 0.6 is 11.8 Å². The summed E-state index contributed by atoms with van der Waals surface area (Å²) < 4.78 is 16.9. The molecule has 5 amide bonds. The summed E-state index contributed by atoms with van der Waals surface area (Å²) in [5, 5.41) is 2.03. The first-order valence-corrected chi connectivity index (χ1v) is 19.5. The van der Waals surface area contributed by atoms with Crippen molar-refractivity contribution in [3.8, 4) is 0 Å². The molecule has 56 heavy (non-hydrogen) atoms. The number of likely N-dealkylation sites (N-methyl/N-ethyl adjacent to an activating group) is 1. The molecule has 0 spiro atoms. The summed E-state index contributed by atoms with van der Waals surface area (Å²) in [6, 6.07) is 16.3. The van der Waals surface area contributed by atoms with Crippen molar-refractivity contribution >= 4 is 47.6 Å². The smallest absolute Gasteiger partial charge is 0.410 e. The summed E-state index contributed by atoms with van der Waals surface area (Å²) in [4.78, 5) is 86.9. The molecule has 3 saturated heterocycles. The lowest BCUT2D eigenvalue weighted by Gasteiger charge is -2.49. The number of carbonyl (C=O) groups excluding carboxylic acids is 6. The van der Waals surface area contributed by atoms with Crippen LogP contribution in [0.4, 0.5) is 9.59 Å². The van der Waals surface area contributed by atoms with Gasteiger partial charge in [-0.2, -0.15) is 0 Å². The number of likely N-dealkylation sites (tertiary alicyclic amines) is 2. The van der Waals surface area contributed by atoms with Crippen LogP contribution in [0.5, 0.6) is 0 Å². The number of fused-ring (bicyclic) bond motifs is 1. The normalized spacial score (nSPS) is 22.8. The summed E-state index contributed by atoms with van der Waals surface area (Å²) in [5.41, 5.74) is 1.48. The second-order valence-corrected chi connectivity index (χ2v) is 16.2. The summed E-state index contributed by atoms with van der Waals surface area (Å²) in [5.74, 6) is -1.63. The molecule has 0 saturated carbocycles. The fourth-order valence-electron chi connectivity index (χ4n) is 7.24. The Morgan fingerprint density at radius 1 is 1.02 bits per heavy atom. The number of ether oxygens (including phenoxy) is 3. The highest BCUT2D eigenvalue weighted by atomic mass is 32.2. The highest BCUT2D eigenvalue weighted by molar-refractivity contribution is 8.00. The van der Waals surface area contributed by atoms with Crippen LogP contribution < -0.4 is 5.32 Å². The minimum Gasteiger partial charge on any atom is -0.448 e. The number of hydrogen-bond donors (Lipinski definition) is 1. The fourth-order valence-corrected chi connectivity index (χ4v) is 8.54. The maximum Gasteiger partial charge on any atom is 0.410 e. The third-order valence-corrected chi connectivity index (χ3v) is 11.1. The Labute approximate surface area is 330 Å². The average molecular weight is 786 g/mol. The number of esters is 1. The second-order valence-electron chi connectivity index (χ2n) is 15.1.